The van der Waals surface area contributed by atoms with Gasteiger partial charge in [-0.15, -0.1) is 0 Å². The lowest BCUT2D eigenvalue weighted by atomic mass is 9.94. The number of rotatable bonds is 6. The summed E-state index contributed by atoms with van der Waals surface area (Å²) in [6.45, 7) is 0.465. The summed E-state index contributed by atoms with van der Waals surface area (Å²) >= 11 is 0. The van der Waals surface area contributed by atoms with Crippen LogP contribution in [0.25, 0.3) is 22.2 Å². The summed E-state index contributed by atoms with van der Waals surface area (Å²) in [5, 5.41) is 20.7. The van der Waals surface area contributed by atoms with Crippen LogP contribution < -0.4 is 15.4 Å². The van der Waals surface area contributed by atoms with Gasteiger partial charge in [-0.1, -0.05) is 18.2 Å². The smallest absolute Gasteiger partial charge is 0.229 e. The molecule has 5 rings (SSSR count). The van der Waals surface area contributed by atoms with E-state index >= 15 is 0 Å². The zero-order valence-corrected chi connectivity index (χ0v) is 20.5. The molecular formula is C25H26N6O4S. The van der Waals surface area contributed by atoms with Crippen LogP contribution >= 0.6 is 0 Å². The first-order chi connectivity index (χ1) is 17.3. The highest BCUT2D eigenvalue weighted by Gasteiger charge is 2.24. The molecule has 5 N–H and O–H groups in total. The van der Waals surface area contributed by atoms with Crippen molar-refractivity contribution in [3.05, 3.63) is 70.9 Å². The van der Waals surface area contributed by atoms with E-state index in [1.807, 2.05) is 29.2 Å². The summed E-state index contributed by atoms with van der Waals surface area (Å²) < 4.78 is 26.1. The molecule has 0 amide bonds. The first kappa shape index (κ1) is 23.9. The number of nitrogens with zero attached hydrogens (tertiary/aromatic N) is 4. The molecule has 0 atom stereocenters. The highest BCUT2D eigenvalue weighted by atomic mass is 32.2. The zero-order chi connectivity index (χ0) is 25.4. The largest absolute Gasteiger partial charge is 0.392 e. The van der Waals surface area contributed by atoms with Gasteiger partial charge in [0.25, 0.3) is 0 Å². The van der Waals surface area contributed by atoms with Crippen molar-refractivity contribution in [3.63, 3.8) is 0 Å². The number of hydrogen-bond acceptors (Lipinski definition) is 9. The number of nitrogens with one attached hydrogen (secondary N) is 1. The standard InChI is InChI=1S/C25H26N6O4S/c1-36(34,35)30-19-7-4-5-15-12-31(10-8-17(15)19)25-28-21-11-16(13-32)18(14-33)22(23(21)24(26)29-25)20-6-2-3-9-27-20/h2-7,9,11,30,32-33H,8,10,12-14H2,1H3,(H2,26,28,29). The number of aromatic nitrogens is 3. The molecule has 10 nitrogen and oxygen atoms in total. The van der Waals surface area contributed by atoms with Gasteiger partial charge in [-0.25, -0.2) is 13.4 Å². The van der Waals surface area contributed by atoms with E-state index in [4.69, 9.17) is 10.7 Å². The summed E-state index contributed by atoms with van der Waals surface area (Å²) in [5.41, 5.74) is 11.8. The second kappa shape index (κ2) is 9.34. The van der Waals surface area contributed by atoms with Crippen LogP contribution in [0.4, 0.5) is 17.5 Å². The van der Waals surface area contributed by atoms with E-state index in [0.717, 1.165) is 17.4 Å². The molecule has 0 radical (unpaired) electrons. The van der Waals surface area contributed by atoms with Crippen molar-refractivity contribution < 1.29 is 18.6 Å². The van der Waals surface area contributed by atoms with E-state index < -0.39 is 10.0 Å². The molecule has 2 aromatic carbocycles. The fourth-order valence-electron chi connectivity index (χ4n) is 4.74. The third-order valence-electron chi connectivity index (χ3n) is 6.30. The fraction of sp³-hybridized carbons (Fsp3) is 0.240. The van der Waals surface area contributed by atoms with Crippen LogP contribution in [0.5, 0.6) is 0 Å². The maximum atomic E-state index is 11.8. The molecule has 4 aromatic rings. The van der Waals surface area contributed by atoms with Crippen LogP contribution in [0.2, 0.25) is 0 Å². The van der Waals surface area contributed by atoms with Gasteiger partial charge in [0.1, 0.15) is 5.82 Å². The first-order valence-electron chi connectivity index (χ1n) is 11.4. The molecule has 0 unspecified atom stereocenters. The Bertz CT molecular complexity index is 1560. The van der Waals surface area contributed by atoms with Crippen molar-refractivity contribution >= 4 is 38.4 Å². The molecule has 0 spiro atoms. The Morgan fingerprint density at radius 1 is 1.11 bits per heavy atom. The van der Waals surface area contributed by atoms with Crippen LogP contribution in [-0.4, -0.2) is 46.4 Å². The molecule has 1 aliphatic heterocycles. The second-order valence-electron chi connectivity index (χ2n) is 8.71. The van der Waals surface area contributed by atoms with Crippen LogP contribution in [0.15, 0.2) is 48.7 Å². The molecule has 0 saturated heterocycles. The monoisotopic (exact) mass is 506 g/mol. The molecule has 36 heavy (non-hydrogen) atoms. The van der Waals surface area contributed by atoms with E-state index in [1.165, 1.54) is 0 Å². The maximum Gasteiger partial charge on any atom is 0.229 e. The molecule has 0 bridgehead atoms. The lowest BCUT2D eigenvalue weighted by Gasteiger charge is -2.30. The Kier molecular flexibility index (Phi) is 6.20. The molecule has 0 saturated carbocycles. The van der Waals surface area contributed by atoms with E-state index in [-0.39, 0.29) is 19.0 Å². The summed E-state index contributed by atoms with van der Waals surface area (Å²) in [6, 6.07) is 12.7. The third-order valence-corrected chi connectivity index (χ3v) is 6.89. The number of fused-ring (bicyclic) bond motifs is 2. The van der Waals surface area contributed by atoms with Gasteiger partial charge in [0.05, 0.1) is 41.8 Å². The van der Waals surface area contributed by atoms with Crippen molar-refractivity contribution in [1.29, 1.82) is 0 Å². The van der Waals surface area contributed by atoms with Gasteiger partial charge >= 0.3 is 0 Å². The molecule has 0 fully saturated rings. The van der Waals surface area contributed by atoms with Gasteiger partial charge < -0.3 is 20.8 Å². The SMILES string of the molecule is CS(=O)(=O)Nc1cccc2c1CCN(c1nc(N)c3c(-c4ccccn4)c(CO)c(CO)cc3n1)C2. The number of benzene rings is 2. The first-order valence-corrected chi connectivity index (χ1v) is 13.3. The highest BCUT2D eigenvalue weighted by molar-refractivity contribution is 7.92. The van der Waals surface area contributed by atoms with Crippen LogP contribution in [0.1, 0.15) is 22.3 Å². The molecular weight excluding hydrogens is 480 g/mol. The Labute approximate surface area is 208 Å². The van der Waals surface area contributed by atoms with Gasteiger partial charge in [0.2, 0.25) is 16.0 Å². The number of aliphatic hydroxyl groups is 2. The van der Waals surface area contributed by atoms with E-state index in [0.29, 0.717) is 64.4 Å². The number of nitrogens with two attached hydrogens (primary N) is 1. The van der Waals surface area contributed by atoms with Crippen molar-refractivity contribution in [3.8, 4) is 11.3 Å². The van der Waals surface area contributed by atoms with E-state index in [9.17, 15) is 18.6 Å². The number of anilines is 3. The van der Waals surface area contributed by atoms with Crippen LogP contribution in [0.3, 0.4) is 0 Å². The average Bonchev–Trinajstić information content (AvgIpc) is 2.87. The van der Waals surface area contributed by atoms with Gasteiger partial charge in [0, 0.05) is 24.8 Å². The molecule has 186 valence electrons. The second-order valence-corrected chi connectivity index (χ2v) is 10.5. The average molecular weight is 507 g/mol. The summed E-state index contributed by atoms with van der Waals surface area (Å²) in [6.07, 6.45) is 3.38. The maximum absolute atomic E-state index is 11.8. The van der Waals surface area contributed by atoms with Gasteiger partial charge in [-0.3, -0.25) is 9.71 Å². The third kappa shape index (κ3) is 4.43. The van der Waals surface area contributed by atoms with Crippen molar-refractivity contribution in [2.45, 2.75) is 26.2 Å². The van der Waals surface area contributed by atoms with Crippen LogP contribution in [-0.2, 0) is 36.2 Å². The number of nitrogen functional groups attached to an aromatic ring is 1. The minimum atomic E-state index is -3.39. The highest BCUT2D eigenvalue weighted by Crippen LogP contribution is 2.37. The Balaban J connectivity index is 1.60. The molecule has 11 heteroatoms. The molecule has 1 aliphatic rings. The van der Waals surface area contributed by atoms with Crippen molar-refractivity contribution in [2.75, 3.05) is 28.2 Å². The minimum Gasteiger partial charge on any atom is -0.392 e. The van der Waals surface area contributed by atoms with Crippen molar-refractivity contribution in [2.24, 2.45) is 0 Å². The Morgan fingerprint density at radius 2 is 1.94 bits per heavy atom. The fourth-order valence-corrected chi connectivity index (χ4v) is 5.33. The summed E-state index contributed by atoms with van der Waals surface area (Å²) in [7, 11) is -3.39. The predicted octanol–water partition coefficient (Wildman–Crippen LogP) is 2.19. The number of sulfonamides is 1. The molecule has 0 aliphatic carbocycles. The summed E-state index contributed by atoms with van der Waals surface area (Å²) in [4.78, 5) is 15.8. The molecule has 3 heterocycles. The number of pyridine rings is 1. The Morgan fingerprint density at radius 3 is 2.64 bits per heavy atom. The van der Waals surface area contributed by atoms with Gasteiger partial charge in [-0.2, -0.15) is 4.98 Å². The number of hydrogen-bond donors (Lipinski definition) is 4. The quantitative estimate of drug-likeness (QED) is 0.308. The van der Waals surface area contributed by atoms with E-state index in [2.05, 4.69) is 14.7 Å². The van der Waals surface area contributed by atoms with Crippen molar-refractivity contribution in [1.82, 2.24) is 15.0 Å². The summed E-state index contributed by atoms with van der Waals surface area (Å²) in [5.74, 6) is 0.674. The van der Waals surface area contributed by atoms with Gasteiger partial charge in [0.15, 0.2) is 0 Å². The molecule has 2 aromatic heterocycles. The minimum absolute atomic E-state index is 0.244. The predicted molar refractivity (Wildman–Crippen MR) is 139 cm³/mol. The van der Waals surface area contributed by atoms with Gasteiger partial charge in [-0.05, 0) is 52.9 Å². The normalized spacial score (nSPS) is 13.6. The number of aliphatic hydroxyl groups excluding tert-OH is 2. The topological polar surface area (TPSA) is 155 Å². The lowest BCUT2D eigenvalue weighted by molar-refractivity contribution is 0.260. The van der Waals surface area contributed by atoms with Crippen LogP contribution in [0, 0.1) is 0 Å². The van der Waals surface area contributed by atoms with E-state index in [1.54, 1.807) is 24.4 Å². The zero-order valence-electron chi connectivity index (χ0n) is 19.6. The lowest BCUT2D eigenvalue weighted by Crippen LogP contribution is -2.32. The Hall–Kier alpha value is -3.80.